The molecule has 0 bridgehead atoms. The number of carbonyl (C=O) groups is 1. The Balaban J connectivity index is 0.00000121. The standard InChI is InChI=1S/C26H30N4O3.2C2H6.2H2/c1-27-12-14-33-19-5-3-18(4-6-19)22-16-24(21-8-7-20(32-2)15-23(21)29-22)30-13-10-26(17-30)9-11-28-25(26)31;2*1-2;;/h3-8,15-16,27H,9-14,17H2,1-2H3,(H,28,31);2*1-2H3;2*1H. The van der Waals surface area contributed by atoms with Gasteiger partial charge >= 0.3 is 0 Å². The number of benzene rings is 2. The molecular weight excluding hydrogens is 464 g/mol. The van der Waals surface area contributed by atoms with Crippen molar-refractivity contribution in [3.8, 4) is 22.8 Å². The fourth-order valence-corrected chi connectivity index (χ4v) is 4.90. The molecule has 1 amide bonds. The Morgan fingerprint density at radius 2 is 1.78 bits per heavy atom. The van der Waals surface area contributed by atoms with Crippen LogP contribution in [0.3, 0.4) is 0 Å². The van der Waals surface area contributed by atoms with Gasteiger partial charge in [-0.2, -0.15) is 0 Å². The van der Waals surface area contributed by atoms with Gasteiger partial charge in [-0.3, -0.25) is 4.79 Å². The van der Waals surface area contributed by atoms with E-state index in [9.17, 15) is 4.79 Å². The molecule has 1 unspecified atom stereocenters. The highest BCUT2D eigenvalue weighted by molar-refractivity contribution is 5.96. The van der Waals surface area contributed by atoms with Crippen LogP contribution in [0.25, 0.3) is 22.2 Å². The minimum Gasteiger partial charge on any atom is -0.497 e. The van der Waals surface area contributed by atoms with Crippen molar-refractivity contribution in [3.05, 3.63) is 48.5 Å². The third-order valence-corrected chi connectivity index (χ3v) is 6.83. The van der Waals surface area contributed by atoms with E-state index in [0.717, 1.165) is 78.4 Å². The van der Waals surface area contributed by atoms with Crippen molar-refractivity contribution in [2.75, 3.05) is 51.8 Å². The molecule has 37 heavy (non-hydrogen) atoms. The molecule has 2 aromatic carbocycles. The molecule has 0 aliphatic carbocycles. The van der Waals surface area contributed by atoms with Gasteiger partial charge in [0.25, 0.3) is 0 Å². The molecule has 3 heterocycles. The maximum Gasteiger partial charge on any atom is 0.228 e. The second-order valence-electron chi connectivity index (χ2n) is 8.84. The van der Waals surface area contributed by atoms with Gasteiger partial charge < -0.3 is 25.0 Å². The normalized spacial score (nSPS) is 18.1. The fraction of sp³-hybridized carbons (Fsp3) is 0.467. The van der Waals surface area contributed by atoms with Gasteiger partial charge in [0.15, 0.2) is 0 Å². The van der Waals surface area contributed by atoms with Gasteiger partial charge in [0, 0.05) is 51.7 Å². The van der Waals surface area contributed by atoms with Crippen LogP contribution in [0.15, 0.2) is 48.5 Å². The van der Waals surface area contributed by atoms with Crippen LogP contribution in [-0.2, 0) is 4.79 Å². The number of ether oxygens (including phenoxy) is 2. The zero-order valence-corrected chi connectivity index (χ0v) is 23.2. The number of aromatic nitrogens is 1. The van der Waals surface area contributed by atoms with E-state index >= 15 is 0 Å². The maximum atomic E-state index is 12.6. The predicted molar refractivity (Wildman–Crippen MR) is 157 cm³/mol. The van der Waals surface area contributed by atoms with Crippen molar-refractivity contribution in [2.45, 2.75) is 40.5 Å². The summed E-state index contributed by atoms with van der Waals surface area (Å²) in [6.07, 6.45) is 1.79. The Kier molecular flexibility index (Phi) is 10.1. The fourth-order valence-electron chi connectivity index (χ4n) is 4.90. The molecule has 1 atom stereocenters. The summed E-state index contributed by atoms with van der Waals surface area (Å²) < 4.78 is 11.2. The average Bonchev–Trinajstić information content (AvgIpc) is 3.56. The van der Waals surface area contributed by atoms with E-state index in [0.29, 0.717) is 6.61 Å². The predicted octanol–water partition coefficient (Wildman–Crippen LogP) is 5.77. The number of anilines is 1. The van der Waals surface area contributed by atoms with E-state index in [-0.39, 0.29) is 14.2 Å². The number of hydrogen-bond donors (Lipinski definition) is 2. The molecule has 1 spiro atoms. The second-order valence-corrected chi connectivity index (χ2v) is 8.84. The number of methoxy groups -OCH3 is 1. The van der Waals surface area contributed by atoms with Crippen molar-refractivity contribution >= 4 is 22.5 Å². The second kappa shape index (κ2) is 13.3. The van der Waals surface area contributed by atoms with Crippen LogP contribution in [0.2, 0.25) is 0 Å². The number of nitrogens with zero attached hydrogens (tertiary/aromatic N) is 2. The minimum absolute atomic E-state index is 0. The number of carbonyl (C=O) groups excluding carboxylic acids is 1. The highest BCUT2D eigenvalue weighted by atomic mass is 16.5. The molecule has 2 saturated heterocycles. The first-order chi connectivity index (χ1) is 18.1. The molecule has 0 radical (unpaired) electrons. The van der Waals surface area contributed by atoms with E-state index < -0.39 is 0 Å². The van der Waals surface area contributed by atoms with Gasteiger partial charge in [0.05, 0.1) is 23.7 Å². The molecule has 3 aromatic rings. The number of hydrogen-bond acceptors (Lipinski definition) is 6. The van der Waals surface area contributed by atoms with Crippen molar-refractivity contribution in [2.24, 2.45) is 5.41 Å². The first-order valence-corrected chi connectivity index (χ1v) is 13.5. The Morgan fingerprint density at radius 1 is 1.05 bits per heavy atom. The van der Waals surface area contributed by atoms with E-state index in [1.54, 1.807) is 7.11 Å². The van der Waals surface area contributed by atoms with Crippen LogP contribution in [0.1, 0.15) is 43.4 Å². The summed E-state index contributed by atoms with van der Waals surface area (Å²) >= 11 is 0. The molecule has 5 rings (SSSR count). The topological polar surface area (TPSA) is 75.7 Å². The first kappa shape index (κ1) is 28.3. The number of likely N-dealkylation sites (N-methyl/N-ethyl adjacent to an activating group) is 1. The number of rotatable bonds is 7. The molecular formula is C30H46N4O3. The van der Waals surface area contributed by atoms with Crippen LogP contribution in [0, 0.1) is 5.41 Å². The van der Waals surface area contributed by atoms with Gasteiger partial charge in [-0.15, -0.1) is 0 Å². The Labute approximate surface area is 224 Å². The van der Waals surface area contributed by atoms with E-state index in [4.69, 9.17) is 14.5 Å². The Hall–Kier alpha value is -3.32. The van der Waals surface area contributed by atoms with E-state index in [1.807, 2.05) is 71.1 Å². The van der Waals surface area contributed by atoms with Crippen LogP contribution < -0.4 is 25.0 Å². The molecule has 7 heteroatoms. The lowest BCUT2D eigenvalue weighted by atomic mass is 9.86. The Bertz CT molecular complexity index is 1180. The summed E-state index contributed by atoms with van der Waals surface area (Å²) in [6.45, 7) is 11.8. The SMILES string of the molecule is CC.CC.CNCCOc1ccc(-c2cc(N3CCC4(CCNC4=O)C3)c3ccc(OC)cc3n2)cc1.[HH].[HH]. The van der Waals surface area contributed by atoms with Crippen molar-refractivity contribution < 1.29 is 17.1 Å². The van der Waals surface area contributed by atoms with Crippen molar-refractivity contribution in [1.29, 1.82) is 0 Å². The van der Waals surface area contributed by atoms with Gasteiger partial charge in [0.2, 0.25) is 5.91 Å². The van der Waals surface area contributed by atoms with Gasteiger partial charge in [0.1, 0.15) is 18.1 Å². The first-order valence-electron chi connectivity index (χ1n) is 13.5. The summed E-state index contributed by atoms with van der Waals surface area (Å²) in [5.41, 5.74) is 3.64. The summed E-state index contributed by atoms with van der Waals surface area (Å²) in [7, 11) is 3.58. The minimum atomic E-state index is -0.269. The summed E-state index contributed by atoms with van der Waals surface area (Å²) in [6, 6.07) is 16.2. The van der Waals surface area contributed by atoms with Crippen molar-refractivity contribution in [3.63, 3.8) is 0 Å². The van der Waals surface area contributed by atoms with Crippen LogP contribution >= 0.6 is 0 Å². The maximum absolute atomic E-state index is 12.6. The monoisotopic (exact) mass is 510 g/mol. The lowest BCUT2D eigenvalue weighted by Crippen LogP contribution is -2.34. The van der Waals surface area contributed by atoms with Crippen LogP contribution in [-0.4, -0.2) is 57.8 Å². The van der Waals surface area contributed by atoms with Gasteiger partial charge in [-0.25, -0.2) is 4.98 Å². The average molecular weight is 511 g/mol. The van der Waals surface area contributed by atoms with Gasteiger partial charge in [-0.05, 0) is 62.4 Å². The van der Waals surface area contributed by atoms with E-state index in [1.165, 1.54) is 0 Å². The third kappa shape index (κ3) is 6.16. The van der Waals surface area contributed by atoms with Gasteiger partial charge in [-0.1, -0.05) is 27.7 Å². The quantitative estimate of drug-likeness (QED) is 0.393. The smallest absolute Gasteiger partial charge is 0.228 e. The molecule has 2 N–H and O–H groups in total. The van der Waals surface area contributed by atoms with Crippen molar-refractivity contribution in [1.82, 2.24) is 15.6 Å². The molecule has 2 aliphatic heterocycles. The lowest BCUT2D eigenvalue weighted by Gasteiger charge is -2.24. The molecule has 0 saturated carbocycles. The third-order valence-electron chi connectivity index (χ3n) is 6.83. The largest absolute Gasteiger partial charge is 0.497 e. The number of pyridine rings is 1. The molecule has 2 aliphatic rings. The zero-order chi connectivity index (χ0) is 26.8. The zero-order valence-electron chi connectivity index (χ0n) is 23.2. The highest BCUT2D eigenvalue weighted by Gasteiger charge is 2.47. The summed E-state index contributed by atoms with van der Waals surface area (Å²) in [5.74, 6) is 1.81. The summed E-state index contributed by atoms with van der Waals surface area (Å²) in [5, 5.41) is 7.18. The lowest BCUT2D eigenvalue weighted by molar-refractivity contribution is -0.126. The van der Waals surface area contributed by atoms with Crippen LogP contribution in [0.5, 0.6) is 11.5 Å². The van der Waals surface area contributed by atoms with E-state index in [2.05, 4.69) is 27.7 Å². The number of nitrogens with one attached hydrogen (secondary N) is 2. The summed E-state index contributed by atoms with van der Waals surface area (Å²) in [4.78, 5) is 19.9. The molecule has 7 nitrogen and oxygen atoms in total. The molecule has 1 aromatic heterocycles. The molecule has 2 fully saturated rings. The Morgan fingerprint density at radius 3 is 2.43 bits per heavy atom. The van der Waals surface area contributed by atoms with Crippen LogP contribution in [0.4, 0.5) is 5.69 Å². The highest BCUT2D eigenvalue weighted by Crippen LogP contribution is 2.42. The number of amides is 1. The number of fused-ring (bicyclic) bond motifs is 1. The molecule has 204 valence electrons.